The van der Waals surface area contributed by atoms with Gasteiger partial charge in [0.25, 0.3) is 5.91 Å². The summed E-state index contributed by atoms with van der Waals surface area (Å²) in [4.78, 5) is 42.4. The van der Waals surface area contributed by atoms with E-state index < -0.39 is 0 Å². The Balaban J connectivity index is 1.43. The van der Waals surface area contributed by atoms with Crippen LogP contribution in [-0.4, -0.2) is 65.3 Å². The molecule has 0 unspecified atom stereocenters. The lowest BCUT2D eigenvalue weighted by Crippen LogP contribution is -2.69. The number of ether oxygens (including phenoxy) is 2. The Morgan fingerprint density at radius 3 is 2.61 bits per heavy atom. The predicted molar refractivity (Wildman–Crippen MR) is 155 cm³/mol. The summed E-state index contributed by atoms with van der Waals surface area (Å²) in [5.41, 5.74) is 2.84. The summed E-state index contributed by atoms with van der Waals surface area (Å²) in [5, 5.41) is 0. The Hall–Kier alpha value is -3.63. The van der Waals surface area contributed by atoms with Crippen molar-refractivity contribution in [2.75, 3.05) is 19.6 Å². The SMILES string of the molecule is CC(=O)CN1CC[C@]23c4c5ccc(OC(C)=O)c4O[C@H]2[C@@H](N(CC(C)C)C(=O)C#Cc2ccccc2)CC[C@H]3[C@H]1C5. The predicted octanol–water partition coefficient (Wildman–Crippen LogP) is 4.15. The highest BCUT2D eigenvalue weighted by atomic mass is 16.6. The van der Waals surface area contributed by atoms with Gasteiger partial charge in [0.2, 0.25) is 0 Å². The van der Waals surface area contributed by atoms with Gasteiger partial charge in [-0.15, -0.1) is 0 Å². The molecule has 0 N–H and O–H groups in total. The fourth-order valence-corrected chi connectivity index (χ4v) is 8.11. The summed E-state index contributed by atoms with van der Waals surface area (Å²) >= 11 is 0. The minimum atomic E-state index is -0.386. The Morgan fingerprint density at radius 1 is 1.12 bits per heavy atom. The van der Waals surface area contributed by atoms with Crippen molar-refractivity contribution in [3.05, 3.63) is 59.2 Å². The number of piperidine rings is 1. The van der Waals surface area contributed by atoms with Gasteiger partial charge >= 0.3 is 5.97 Å². The largest absolute Gasteiger partial charge is 0.483 e. The van der Waals surface area contributed by atoms with Crippen molar-refractivity contribution in [1.29, 1.82) is 0 Å². The second-order valence-corrected chi connectivity index (χ2v) is 12.5. The van der Waals surface area contributed by atoms with Crippen molar-refractivity contribution in [3.8, 4) is 23.3 Å². The van der Waals surface area contributed by atoms with Crippen LogP contribution in [0.2, 0.25) is 0 Å². The van der Waals surface area contributed by atoms with E-state index in [1.165, 1.54) is 12.5 Å². The zero-order valence-corrected chi connectivity index (χ0v) is 24.3. The van der Waals surface area contributed by atoms with Gasteiger partial charge in [-0.05, 0) is 74.8 Å². The molecule has 4 aliphatic rings. The molecule has 7 nitrogen and oxygen atoms in total. The van der Waals surface area contributed by atoms with E-state index in [-0.39, 0.29) is 53.1 Å². The van der Waals surface area contributed by atoms with Crippen molar-refractivity contribution in [2.45, 2.75) is 77.0 Å². The average Bonchev–Trinajstić information content (AvgIpc) is 3.28. The zero-order chi connectivity index (χ0) is 28.9. The highest BCUT2D eigenvalue weighted by Gasteiger charge is 2.66. The molecule has 2 aliphatic heterocycles. The summed E-state index contributed by atoms with van der Waals surface area (Å²) in [7, 11) is 0. The third-order valence-electron chi connectivity index (χ3n) is 9.38. The Kier molecular flexibility index (Phi) is 7.15. The summed E-state index contributed by atoms with van der Waals surface area (Å²) < 4.78 is 12.6. The molecule has 2 aliphatic carbocycles. The molecule has 1 saturated carbocycles. The number of esters is 1. The highest BCUT2D eigenvalue weighted by Crippen LogP contribution is 2.64. The van der Waals surface area contributed by atoms with Gasteiger partial charge in [0, 0.05) is 42.0 Å². The third kappa shape index (κ3) is 4.72. The van der Waals surface area contributed by atoms with Crippen LogP contribution in [0.1, 0.15) is 63.6 Å². The molecule has 0 radical (unpaired) electrons. The Morgan fingerprint density at radius 2 is 1.90 bits per heavy atom. The number of carbonyl (C=O) groups is 3. The normalized spacial score (nSPS) is 27.2. The molecule has 2 bridgehead atoms. The number of benzene rings is 2. The number of hydrogen-bond acceptors (Lipinski definition) is 6. The van der Waals surface area contributed by atoms with E-state index in [4.69, 9.17) is 9.47 Å². The number of likely N-dealkylation sites (tertiary alicyclic amines) is 1. The van der Waals surface area contributed by atoms with Gasteiger partial charge in [-0.3, -0.25) is 19.3 Å². The van der Waals surface area contributed by atoms with Gasteiger partial charge in [-0.2, -0.15) is 0 Å². The molecule has 2 heterocycles. The molecule has 214 valence electrons. The van der Waals surface area contributed by atoms with Gasteiger partial charge in [0.15, 0.2) is 11.5 Å². The molecule has 1 saturated heterocycles. The van der Waals surface area contributed by atoms with Crippen LogP contribution in [0.5, 0.6) is 11.5 Å². The van der Waals surface area contributed by atoms with Crippen LogP contribution < -0.4 is 9.47 Å². The number of rotatable bonds is 6. The van der Waals surface area contributed by atoms with Gasteiger partial charge in [0.05, 0.1) is 12.6 Å². The van der Waals surface area contributed by atoms with Gasteiger partial charge in [0.1, 0.15) is 11.9 Å². The van der Waals surface area contributed by atoms with Gasteiger partial charge < -0.3 is 14.4 Å². The van der Waals surface area contributed by atoms with Crippen LogP contribution in [0.3, 0.4) is 0 Å². The summed E-state index contributed by atoms with van der Waals surface area (Å²) in [6.07, 6.45) is 3.09. The van der Waals surface area contributed by atoms with Gasteiger partial charge in [-0.25, -0.2) is 0 Å². The maximum atomic E-state index is 13.8. The number of hydrogen-bond donors (Lipinski definition) is 0. The van der Waals surface area contributed by atoms with E-state index in [1.54, 1.807) is 6.92 Å². The van der Waals surface area contributed by atoms with Crippen molar-refractivity contribution in [1.82, 2.24) is 9.80 Å². The minimum Gasteiger partial charge on any atom is -0.483 e. The number of nitrogens with zero attached hydrogens (tertiary/aromatic N) is 2. The van der Waals surface area contributed by atoms with E-state index >= 15 is 0 Å². The molecular formula is C34H38N2O5. The topological polar surface area (TPSA) is 76.2 Å². The molecule has 5 atom stereocenters. The lowest BCUT2D eigenvalue weighted by molar-refractivity contribution is -0.139. The molecule has 2 fully saturated rings. The third-order valence-corrected chi connectivity index (χ3v) is 9.38. The highest BCUT2D eigenvalue weighted by molar-refractivity contribution is 5.94. The first kappa shape index (κ1) is 27.5. The second kappa shape index (κ2) is 10.6. The maximum absolute atomic E-state index is 13.8. The molecule has 6 rings (SSSR count). The number of carbonyl (C=O) groups excluding carboxylic acids is 3. The molecule has 0 aromatic heterocycles. The number of amides is 1. The van der Waals surface area contributed by atoms with Crippen molar-refractivity contribution < 1.29 is 23.9 Å². The molecule has 2 aromatic carbocycles. The average molecular weight is 555 g/mol. The minimum absolute atomic E-state index is 0.172. The van der Waals surface area contributed by atoms with Crippen molar-refractivity contribution >= 4 is 17.7 Å². The smallest absolute Gasteiger partial charge is 0.308 e. The lowest BCUT2D eigenvalue weighted by Gasteiger charge is -2.60. The summed E-state index contributed by atoms with van der Waals surface area (Å²) in [6, 6.07) is 13.5. The van der Waals surface area contributed by atoms with Crippen LogP contribution >= 0.6 is 0 Å². The number of Topliss-reactive ketones (excluding diaryl/α,β-unsaturated/α-hetero) is 1. The first-order valence-electron chi connectivity index (χ1n) is 14.8. The fourth-order valence-electron chi connectivity index (χ4n) is 8.11. The summed E-state index contributed by atoms with van der Waals surface area (Å²) in [6.45, 7) is 9.12. The molecular weight excluding hydrogens is 516 g/mol. The quantitative estimate of drug-likeness (QED) is 0.304. The van der Waals surface area contributed by atoms with Crippen LogP contribution in [0.25, 0.3) is 0 Å². The molecule has 7 heteroatoms. The Bertz CT molecular complexity index is 1440. The van der Waals surface area contributed by atoms with Crippen LogP contribution in [0, 0.1) is 23.7 Å². The second-order valence-electron chi connectivity index (χ2n) is 12.5. The maximum Gasteiger partial charge on any atom is 0.308 e. The van der Waals surface area contributed by atoms with Crippen LogP contribution in [-0.2, 0) is 26.2 Å². The first-order chi connectivity index (χ1) is 19.7. The van der Waals surface area contributed by atoms with Gasteiger partial charge in [-0.1, -0.05) is 44.0 Å². The van der Waals surface area contributed by atoms with Crippen LogP contribution in [0.15, 0.2) is 42.5 Å². The van der Waals surface area contributed by atoms with Crippen LogP contribution in [0.4, 0.5) is 0 Å². The summed E-state index contributed by atoms with van der Waals surface area (Å²) in [5.74, 6) is 7.23. The zero-order valence-electron chi connectivity index (χ0n) is 24.3. The molecule has 1 spiro atoms. The van der Waals surface area contributed by atoms with E-state index in [2.05, 4.69) is 36.7 Å². The monoisotopic (exact) mass is 554 g/mol. The standard InChI is InChI=1S/C34H38N2O5/c1-21(2)19-36(30(39)15-10-24-8-6-5-7-9-24)27-13-12-26-28-18-25-11-14-29(40-23(4)38)32-31(25)34(26,33(27)41-32)16-17-35(28)20-22(3)37/h5-9,11,14,21,26-28,33H,12-13,16-20H2,1-4H3/t26-,27-,28+,33-,34-/m0/s1. The molecule has 1 amide bonds. The van der Waals surface area contributed by atoms with E-state index in [0.717, 1.165) is 43.4 Å². The molecule has 41 heavy (non-hydrogen) atoms. The fraction of sp³-hybridized carbons (Fsp3) is 0.500. The Labute approximate surface area is 242 Å². The lowest BCUT2D eigenvalue weighted by atomic mass is 9.51. The van der Waals surface area contributed by atoms with E-state index in [0.29, 0.717) is 24.6 Å². The van der Waals surface area contributed by atoms with E-state index in [9.17, 15) is 14.4 Å². The van der Waals surface area contributed by atoms with Crippen molar-refractivity contribution in [3.63, 3.8) is 0 Å². The first-order valence-corrected chi connectivity index (χ1v) is 14.8. The molecule has 2 aromatic rings. The van der Waals surface area contributed by atoms with E-state index in [1.807, 2.05) is 41.3 Å². The number of ketones is 1. The van der Waals surface area contributed by atoms with Crippen molar-refractivity contribution in [2.24, 2.45) is 11.8 Å².